The van der Waals surface area contributed by atoms with Gasteiger partial charge in [-0.25, -0.2) is 4.79 Å². The number of aliphatic hydroxyl groups is 1. The maximum atomic E-state index is 12.1. The van der Waals surface area contributed by atoms with Gasteiger partial charge in [-0.05, 0) is 18.6 Å². The van der Waals surface area contributed by atoms with E-state index in [0.29, 0.717) is 25.3 Å². The standard InChI is InChI=1S/C12H16N2O3/c15-9-8-13-6-3-7-14(12(13)17)10-4-1-2-5-11(10)16/h1-2,4-5,15-16H,3,6-9H2. The number of phenolic OH excluding ortho intramolecular Hbond substituents is 1. The average Bonchev–Trinajstić information content (AvgIpc) is 2.33. The third-order valence-corrected chi connectivity index (χ3v) is 2.85. The normalized spacial score (nSPS) is 16.4. The number of amides is 2. The van der Waals surface area contributed by atoms with Gasteiger partial charge in [0.1, 0.15) is 5.75 Å². The second-order valence-electron chi connectivity index (χ2n) is 3.99. The van der Waals surface area contributed by atoms with E-state index in [1.165, 1.54) is 0 Å². The van der Waals surface area contributed by atoms with E-state index in [2.05, 4.69) is 0 Å². The molecule has 5 nitrogen and oxygen atoms in total. The SMILES string of the molecule is O=C1N(CCO)CCCN1c1ccccc1O. The van der Waals surface area contributed by atoms with Crippen molar-refractivity contribution in [1.29, 1.82) is 0 Å². The van der Waals surface area contributed by atoms with Crippen molar-refractivity contribution >= 4 is 11.7 Å². The minimum Gasteiger partial charge on any atom is -0.506 e. The fourth-order valence-electron chi connectivity index (χ4n) is 2.03. The van der Waals surface area contributed by atoms with E-state index in [-0.39, 0.29) is 18.4 Å². The lowest BCUT2D eigenvalue weighted by molar-refractivity contribution is 0.174. The number of aromatic hydroxyl groups is 1. The van der Waals surface area contributed by atoms with E-state index in [1.807, 2.05) is 0 Å². The highest BCUT2D eigenvalue weighted by Crippen LogP contribution is 2.28. The predicted octanol–water partition coefficient (Wildman–Crippen LogP) is 1.02. The van der Waals surface area contributed by atoms with E-state index in [9.17, 15) is 9.90 Å². The summed E-state index contributed by atoms with van der Waals surface area (Å²) in [7, 11) is 0. The molecule has 1 aliphatic rings. The Balaban J connectivity index is 2.21. The van der Waals surface area contributed by atoms with Crippen LogP contribution in [0.25, 0.3) is 0 Å². The fraction of sp³-hybridized carbons (Fsp3) is 0.417. The van der Waals surface area contributed by atoms with Gasteiger partial charge in [-0.2, -0.15) is 0 Å². The van der Waals surface area contributed by atoms with Crippen LogP contribution in [0.1, 0.15) is 6.42 Å². The van der Waals surface area contributed by atoms with Crippen molar-refractivity contribution in [3.05, 3.63) is 24.3 Å². The highest BCUT2D eigenvalue weighted by molar-refractivity contribution is 5.94. The Hall–Kier alpha value is -1.75. The van der Waals surface area contributed by atoms with Crippen LogP contribution in [0.5, 0.6) is 5.75 Å². The van der Waals surface area contributed by atoms with Gasteiger partial charge in [0, 0.05) is 19.6 Å². The summed E-state index contributed by atoms with van der Waals surface area (Å²) in [5.74, 6) is 0.103. The first-order valence-corrected chi connectivity index (χ1v) is 5.69. The van der Waals surface area contributed by atoms with Crippen molar-refractivity contribution < 1.29 is 15.0 Å². The first kappa shape index (κ1) is 11.7. The molecule has 92 valence electrons. The number of hydrogen-bond acceptors (Lipinski definition) is 3. The quantitative estimate of drug-likeness (QED) is 0.823. The van der Waals surface area contributed by atoms with Crippen LogP contribution in [0.2, 0.25) is 0 Å². The van der Waals surface area contributed by atoms with Crippen molar-refractivity contribution in [3.8, 4) is 5.75 Å². The minimum absolute atomic E-state index is 0.0413. The van der Waals surface area contributed by atoms with Gasteiger partial charge in [-0.3, -0.25) is 4.90 Å². The Kier molecular flexibility index (Phi) is 3.49. The smallest absolute Gasteiger partial charge is 0.324 e. The Morgan fingerprint density at radius 3 is 2.71 bits per heavy atom. The Labute approximate surface area is 99.9 Å². The number of para-hydroxylation sites is 2. The molecule has 2 rings (SSSR count). The highest BCUT2D eigenvalue weighted by atomic mass is 16.3. The zero-order valence-electron chi connectivity index (χ0n) is 9.54. The fourth-order valence-corrected chi connectivity index (χ4v) is 2.03. The van der Waals surface area contributed by atoms with Crippen molar-refractivity contribution in [2.45, 2.75) is 6.42 Å². The van der Waals surface area contributed by atoms with Crippen LogP contribution in [0, 0.1) is 0 Å². The molecule has 1 saturated heterocycles. The maximum absolute atomic E-state index is 12.1. The summed E-state index contributed by atoms with van der Waals surface area (Å²) in [5, 5.41) is 18.6. The van der Waals surface area contributed by atoms with Gasteiger partial charge in [0.15, 0.2) is 0 Å². The number of rotatable bonds is 3. The van der Waals surface area contributed by atoms with Crippen molar-refractivity contribution in [2.24, 2.45) is 0 Å². The van der Waals surface area contributed by atoms with E-state index in [4.69, 9.17) is 5.11 Å². The van der Waals surface area contributed by atoms with Gasteiger partial charge in [-0.15, -0.1) is 0 Å². The van der Waals surface area contributed by atoms with Crippen LogP contribution < -0.4 is 4.90 Å². The minimum atomic E-state index is -0.160. The van der Waals surface area contributed by atoms with Gasteiger partial charge < -0.3 is 15.1 Å². The average molecular weight is 236 g/mol. The molecule has 0 spiro atoms. The Morgan fingerprint density at radius 2 is 2.00 bits per heavy atom. The van der Waals surface area contributed by atoms with Crippen LogP contribution in [-0.2, 0) is 0 Å². The number of nitrogens with zero attached hydrogens (tertiary/aromatic N) is 2. The summed E-state index contributed by atoms with van der Waals surface area (Å²) in [4.78, 5) is 15.2. The number of carbonyl (C=O) groups excluding carboxylic acids is 1. The number of anilines is 1. The summed E-state index contributed by atoms with van der Waals surface area (Å²) < 4.78 is 0. The molecule has 1 heterocycles. The Bertz CT molecular complexity index is 406. The van der Waals surface area contributed by atoms with Crippen molar-refractivity contribution in [2.75, 3.05) is 31.1 Å². The summed E-state index contributed by atoms with van der Waals surface area (Å²) >= 11 is 0. The lowest BCUT2D eigenvalue weighted by Gasteiger charge is -2.35. The highest BCUT2D eigenvalue weighted by Gasteiger charge is 2.27. The molecule has 1 aromatic rings. The number of hydrogen-bond donors (Lipinski definition) is 2. The molecule has 1 aliphatic heterocycles. The van der Waals surface area contributed by atoms with Gasteiger partial charge in [0.25, 0.3) is 0 Å². The van der Waals surface area contributed by atoms with Crippen LogP contribution in [0.15, 0.2) is 24.3 Å². The molecule has 5 heteroatoms. The molecular weight excluding hydrogens is 220 g/mol. The largest absolute Gasteiger partial charge is 0.506 e. The van der Waals surface area contributed by atoms with Crippen molar-refractivity contribution in [1.82, 2.24) is 4.90 Å². The van der Waals surface area contributed by atoms with E-state index >= 15 is 0 Å². The number of benzene rings is 1. The molecule has 17 heavy (non-hydrogen) atoms. The topological polar surface area (TPSA) is 64.0 Å². The number of β-amino-alcohol motifs (C(OH)–C–C–N with tert-alkyl or cyclic N) is 1. The molecule has 2 N–H and O–H groups in total. The Morgan fingerprint density at radius 1 is 1.24 bits per heavy atom. The number of aliphatic hydroxyl groups excluding tert-OH is 1. The molecule has 0 unspecified atom stereocenters. The third-order valence-electron chi connectivity index (χ3n) is 2.85. The monoisotopic (exact) mass is 236 g/mol. The molecule has 1 fully saturated rings. The molecule has 0 saturated carbocycles. The van der Waals surface area contributed by atoms with E-state index in [1.54, 1.807) is 34.1 Å². The van der Waals surface area contributed by atoms with Gasteiger partial charge in [0.05, 0.1) is 12.3 Å². The lowest BCUT2D eigenvalue weighted by Crippen LogP contribution is -2.50. The van der Waals surface area contributed by atoms with E-state index in [0.717, 1.165) is 6.42 Å². The molecule has 2 amide bonds. The molecule has 0 radical (unpaired) electrons. The first-order chi connectivity index (χ1) is 8.24. The van der Waals surface area contributed by atoms with Crippen LogP contribution in [-0.4, -0.2) is 47.4 Å². The number of carbonyl (C=O) groups is 1. The molecular formula is C12H16N2O3. The van der Waals surface area contributed by atoms with Crippen LogP contribution in [0.3, 0.4) is 0 Å². The molecule has 0 aromatic heterocycles. The second kappa shape index (κ2) is 5.05. The number of urea groups is 1. The van der Waals surface area contributed by atoms with Crippen LogP contribution in [0.4, 0.5) is 10.5 Å². The van der Waals surface area contributed by atoms with Crippen molar-refractivity contribution in [3.63, 3.8) is 0 Å². The molecule has 0 bridgehead atoms. The van der Waals surface area contributed by atoms with E-state index < -0.39 is 0 Å². The summed E-state index contributed by atoms with van der Waals surface area (Å²) in [6.45, 7) is 1.55. The van der Waals surface area contributed by atoms with Gasteiger partial charge in [0.2, 0.25) is 0 Å². The zero-order valence-corrected chi connectivity index (χ0v) is 9.54. The lowest BCUT2D eigenvalue weighted by atomic mass is 10.2. The van der Waals surface area contributed by atoms with Crippen LogP contribution >= 0.6 is 0 Å². The summed E-state index contributed by atoms with van der Waals surface area (Å²) in [5.41, 5.74) is 0.528. The third kappa shape index (κ3) is 2.34. The maximum Gasteiger partial charge on any atom is 0.324 e. The molecule has 0 aliphatic carbocycles. The first-order valence-electron chi connectivity index (χ1n) is 5.69. The molecule has 1 aromatic carbocycles. The second-order valence-corrected chi connectivity index (χ2v) is 3.99. The summed E-state index contributed by atoms with van der Waals surface area (Å²) in [6, 6.07) is 6.63. The van der Waals surface area contributed by atoms with Gasteiger partial charge in [-0.1, -0.05) is 12.1 Å². The predicted molar refractivity (Wildman–Crippen MR) is 64.1 cm³/mol. The molecule has 0 atom stereocenters. The summed E-state index contributed by atoms with van der Waals surface area (Å²) in [6.07, 6.45) is 0.833. The number of phenols is 1. The van der Waals surface area contributed by atoms with Gasteiger partial charge >= 0.3 is 6.03 Å². The zero-order chi connectivity index (χ0) is 12.3.